The minimum Gasteiger partial charge on any atom is -0.340 e. The Balaban J connectivity index is 1.46. The highest BCUT2D eigenvalue weighted by molar-refractivity contribution is 14.1. The topological polar surface area (TPSA) is 41.4 Å². The van der Waals surface area contributed by atoms with Gasteiger partial charge in [-0.2, -0.15) is 5.10 Å². The maximum absolute atomic E-state index is 12.4. The van der Waals surface area contributed by atoms with Crippen molar-refractivity contribution < 1.29 is 4.79 Å². The van der Waals surface area contributed by atoms with E-state index in [1.807, 2.05) is 34.8 Å². The van der Waals surface area contributed by atoms with E-state index in [4.69, 9.17) is 23.2 Å². The van der Waals surface area contributed by atoms with Crippen LogP contribution in [0.1, 0.15) is 17.7 Å². The number of hydrogen-bond acceptors (Lipinski definition) is 3. The van der Waals surface area contributed by atoms with Crippen LogP contribution in [0.25, 0.3) is 0 Å². The number of aryl methyl sites for hydroxylation is 2. The van der Waals surface area contributed by atoms with Crippen LogP contribution in [0.5, 0.6) is 0 Å². The van der Waals surface area contributed by atoms with Crippen molar-refractivity contribution in [1.82, 2.24) is 19.6 Å². The van der Waals surface area contributed by atoms with Gasteiger partial charge in [0.15, 0.2) is 0 Å². The summed E-state index contributed by atoms with van der Waals surface area (Å²) in [5.74, 6) is 0.192. The SMILES string of the molecule is Cc1nn(CCC(=O)N2CCN(Cc3ccc(Cl)cc3Cl)CC2)cc1I. The fraction of sp³-hybridized carbons (Fsp3) is 0.444. The van der Waals surface area contributed by atoms with Gasteiger partial charge in [-0.3, -0.25) is 14.4 Å². The fourth-order valence-electron chi connectivity index (χ4n) is 3.02. The van der Waals surface area contributed by atoms with Crippen molar-refractivity contribution in [2.45, 2.75) is 26.4 Å². The third-order valence-electron chi connectivity index (χ3n) is 4.58. The Hall–Kier alpha value is -0.830. The standard InChI is InChI=1S/C18H21Cl2IN4O/c1-13-17(21)12-25(22-13)5-4-18(26)24-8-6-23(7-9-24)11-14-2-3-15(19)10-16(14)20/h2-3,10,12H,4-9,11H2,1H3. The summed E-state index contributed by atoms with van der Waals surface area (Å²) >= 11 is 14.5. The molecule has 1 aliphatic heterocycles. The highest BCUT2D eigenvalue weighted by Crippen LogP contribution is 2.22. The number of rotatable bonds is 5. The fourth-order valence-corrected chi connectivity index (χ4v) is 3.92. The monoisotopic (exact) mass is 506 g/mol. The average molecular weight is 507 g/mol. The van der Waals surface area contributed by atoms with Crippen LogP contribution in [0.2, 0.25) is 10.0 Å². The lowest BCUT2D eigenvalue weighted by Crippen LogP contribution is -2.48. The third-order valence-corrected chi connectivity index (χ3v) is 6.22. The lowest BCUT2D eigenvalue weighted by atomic mass is 10.2. The van der Waals surface area contributed by atoms with Gasteiger partial charge in [-0.1, -0.05) is 29.3 Å². The molecular formula is C18H21Cl2IN4O. The predicted molar refractivity (Wildman–Crippen MR) is 113 cm³/mol. The lowest BCUT2D eigenvalue weighted by Gasteiger charge is -2.35. The van der Waals surface area contributed by atoms with E-state index < -0.39 is 0 Å². The molecule has 0 spiro atoms. The third kappa shape index (κ3) is 5.12. The Bertz CT molecular complexity index is 768. The van der Waals surface area contributed by atoms with Crippen molar-refractivity contribution in [3.05, 3.63) is 49.3 Å². The molecule has 8 heteroatoms. The van der Waals surface area contributed by atoms with Gasteiger partial charge in [-0.05, 0) is 47.2 Å². The Labute approximate surface area is 177 Å². The van der Waals surface area contributed by atoms with E-state index in [-0.39, 0.29) is 5.91 Å². The van der Waals surface area contributed by atoms with Gasteiger partial charge in [0.1, 0.15) is 0 Å². The van der Waals surface area contributed by atoms with Gasteiger partial charge in [-0.15, -0.1) is 0 Å². The van der Waals surface area contributed by atoms with Gasteiger partial charge >= 0.3 is 0 Å². The second-order valence-corrected chi connectivity index (χ2v) is 8.47. The van der Waals surface area contributed by atoms with Gasteiger partial charge in [0.2, 0.25) is 5.91 Å². The molecule has 0 saturated carbocycles. The number of piperazine rings is 1. The van der Waals surface area contributed by atoms with Gasteiger partial charge in [0, 0.05) is 61.9 Å². The minimum absolute atomic E-state index is 0.192. The maximum Gasteiger partial charge on any atom is 0.224 e. The summed E-state index contributed by atoms with van der Waals surface area (Å²) < 4.78 is 2.98. The molecule has 2 heterocycles. The van der Waals surface area contributed by atoms with Crippen molar-refractivity contribution >= 4 is 51.7 Å². The summed E-state index contributed by atoms with van der Waals surface area (Å²) in [5.41, 5.74) is 2.08. The first kappa shape index (κ1) is 19.9. The summed E-state index contributed by atoms with van der Waals surface area (Å²) in [6, 6.07) is 5.60. The Morgan fingerprint density at radius 2 is 1.96 bits per heavy atom. The van der Waals surface area contributed by atoms with E-state index in [9.17, 15) is 4.79 Å². The average Bonchev–Trinajstić information content (AvgIpc) is 2.94. The Morgan fingerprint density at radius 3 is 2.58 bits per heavy atom. The number of halogens is 3. The summed E-state index contributed by atoms with van der Waals surface area (Å²) in [5, 5.41) is 5.75. The quantitative estimate of drug-likeness (QED) is 0.578. The van der Waals surface area contributed by atoms with E-state index >= 15 is 0 Å². The molecule has 0 radical (unpaired) electrons. The predicted octanol–water partition coefficient (Wildman–Crippen LogP) is 3.84. The molecule has 1 aromatic heterocycles. The number of aromatic nitrogens is 2. The highest BCUT2D eigenvalue weighted by Gasteiger charge is 2.21. The maximum atomic E-state index is 12.4. The van der Waals surface area contributed by atoms with E-state index in [2.05, 4.69) is 32.6 Å². The molecule has 0 bridgehead atoms. The largest absolute Gasteiger partial charge is 0.340 e. The minimum atomic E-state index is 0.192. The first-order chi connectivity index (χ1) is 12.4. The second kappa shape index (κ2) is 8.91. The summed E-state index contributed by atoms with van der Waals surface area (Å²) in [7, 11) is 0. The highest BCUT2D eigenvalue weighted by atomic mass is 127. The molecule has 26 heavy (non-hydrogen) atoms. The number of benzene rings is 1. The summed E-state index contributed by atoms with van der Waals surface area (Å²) in [4.78, 5) is 16.7. The molecule has 1 aromatic carbocycles. The van der Waals surface area contributed by atoms with Crippen LogP contribution in [0.3, 0.4) is 0 Å². The van der Waals surface area contributed by atoms with Gasteiger partial charge < -0.3 is 4.90 Å². The van der Waals surface area contributed by atoms with Gasteiger partial charge in [0.05, 0.1) is 9.26 Å². The zero-order valence-corrected chi connectivity index (χ0v) is 18.3. The summed E-state index contributed by atoms with van der Waals surface area (Å²) in [6.45, 7) is 6.59. The number of carbonyl (C=O) groups is 1. The van der Waals surface area contributed by atoms with Crippen molar-refractivity contribution in [3.8, 4) is 0 Å². The summed E-state index contributed by atoms with van der Waals surface area (Å²) in [6.07, 6.45) is 2.47. The normalized spacial score (nSPS) is 15.5. The van der Waals surface area contributed by atoms with E-state index in [1.54, 1.807) is 6.07 Å². The molecule has 1 saturated heterocycles. The van der Waals surface area contributed by atoms with Crippen molar-refractivity contribution in [1.29, 1.82) is 0 Å². The van der Waals surface area contributed by atoms with Crippen molar-refractivity contribution in [2.75, 3.05) is 26.2 Å². The molecular weight excluding hydrogens is 486 g/mol. The van der Waals surface area contributed by atoms with Crippen molar-refractivity contribution in [2.24, 2.45) is 0 Å². The first-order valence-corrected chi connectivity index (χ1v) is 10.4. The molecule has 2 aromatic rings. The van der Waals surface area contributed by atoms with Crippen LogP contribution in [0.4, 0.5) is 0 Å². The number of carbonyl (C=O) groups excluding carboxylic acids is 1. The molecule has 3 rings (SSSR count). The number of nitrogens with zero attached hydrogens (tertiary/aromatic N) is 4. The smallest absolute Gasteiger partial charge is 0.224 e. The van der Waals surface area contributed by atoms with E-state index in [1.165, 1.54) is 0 Å². The van der Waals surface area contributed by atoms with Crippen LogP contribution in [0, 0.1) is 10.5 Å². The second-order valence-electron chi connectivity index (χ2n) is 6.47. The zero-order valence-electron chi connectivity index (χ0n) is 14.6. The molecule has 0 atom stereocenters. The molecule has 1 amide bonds. The van der Waals surface area contributed by atoms with Gasteiger partial charge in [0.25, 0.3) is 0 Å². The van der Waals surface area contributed by atoms with Crippen molar-refractivity contribution in [3.63, 3.8) is 0 Å². The molecule has 1 aliphatic rings. The molecule has 5 nitrogen and oxygen atoms in total. The van der Waals surface area contributed by atoms with E-state index in [0.717, 1.165) is 47.6 Å². The Morgan fingerprint density at radius 1 is 1.23 bits per heavy atom. The Kier molecular flexibility index (Phi) is 6.82. The molecule has 140 valence electrons. The number of amides is 1. The lowest BCUT2D eigenvalue weighted by molar-refractivity contribution is -0.133. The van der Waals surface area contributed by atoms with Gasteiger partial charge in [-0.25, -0.2) is 0 Å². The molecule has 0 unspecified atom stereocenters. The zero-order chi connectivity index (χ0) is 18.7. The van der Waals surface area contributed by atoms with E-state index in [0.29, 0.717) is 23.0 Å². The van der Waals surface area contributed by atoms with Crippen LogP contribution >= 0.6 is 45.8 Å². The molecule has 0 aliphatic carbocycles. The van der Waals surface area contributed by atoms with Crippen LogP contribution in [-0.2, 0) is 17.9 Å². The molecule has 0 N–H and O–H groups in total. The van der Waals surface area contributed by atoms with Crippen LogP contribution in [-0.4, -0.2) is 51.7 Å². The number of hydrogen-bond donors (Lipinski definition) is 0. The molecule has 1 fully saturated rings. The van der Waals surface area contributed by atoms with Crippen LogP contribution < -0.4 is 0 Å². The van der Waals surface area contributed by atoms with Crippen LogP contribution in [0.15, 0.2) is 24.4 Å². The first-order valence-electron chi connectivity index (χ1n) is 8.56.